The van der Waals surface area contributed by atoms with Gasteiger partial charge in [-0.1, -0.05) is 27.7 Å². The minimum absolute atomic E-state index is 0.177. The average molecular weight is 440 g/mol. The lowest BCUT2D eigenvalue weighted by Gasteiger charge is -2.44. The molecule has 0 N–H and O–H groups in total. The second kappa shape index (κ2) is 5.97. The number of carbonyl (C=O) groups is 1. The fourth-order valence-electron chi connectivity index (χ4n) is 3.10. The second-order valence-electron chi connectivity index (χ2n) is 7.66. The molecule has 1 aliphatic rings. The predicted molar refractivity (Wildman–Crippen MR) is 91.9 cm³/mol. The summed E-state index contributed by atoms with van der Waals surface area (Å²) < 4.78 is 34.0. The largest absolute Gasteiger partial charge is 0.461 e. The summed E-state index contributed by atoms with van der Waals surface area (Å²) in [5, 5.41) is 4.56. The molecule has 0 aromatic carbocycles. The molecule has 0 unspecified atom stereocenters. The molecule has 0 aliphatic heterocycles. The Hall–Kier alpha value is -0.730. The molecule has 4 nitrogen and oxygen atoms in total. The zero-order chi connectivity index (χ0) is 17.6. The van der Waals surface area contributed by atoms with E-state index in [1.165, 1.54) is 0 Å². The van der Waals surface area contributed by atoms with E-state index in [0.717, 1.165) is 9.26 Å². The van der Waals surface area contributed by atoms with Crippen molar-refractivity contribution < 1.29 is 18.3 Å². The summed E-state index contributed by atoms with van der Waals surface area (Å²) >= 11 is 2.10. The smallest absolute Gasteiger partial charge is 0.357 e. The Morgan fingerprint density at radius 2 is 1.96 bits per heavy atom. The normalized spacial score (nSPS) is 19.3. The number of nitrogens with zero attached hydrogens (tertiary/aromatic N) is 2. The Morgan fingerprint density at radius 3 is 2.39 bits per heavy atom. The van der Waals surface area contributed by atoms with Crippen LogP contribution in [0.4, 0.5) is 8.78 Å². The van der Waals surface area contributed by atoms with E-state index in [4.69, 9.17) is 4.74 Å². The van der Waals surface area contributed by atoms with Gasteiger partial charge < -0.3 is 4.74 Å². The number of carbonyl (C=O) groups excluding carboxylic acids is 1. The zero-order valence-electron chi connectivity index (χ0n) is 14.2. The minimum atomic E-state index is -2.61. The molecular formula is C16H23F2IN2O2. The van der Waals surface area contributed by atoms with E-state index in [1.54, 1.807) is 11.6 Å². The maximum absolute atomic E-state index is 13.3. The van der Waals surface area contributed by atoms with Crippen LogP contribution in [0.2, 0.25) is 0 Å². The van der Waals surface area contributed by atoms with Crippen molar-refractivity contribution in [3.05, 3.63) is 15.0 Å². The van der Waals surface area contributed by atoms with Gasteiger partial charge in [0.15, 0.2) is 5.69 Å². The molecule has 1 aromatic heterocycles. The maximum Gasteiger partial charge on any atom is 0.357 e. The quantitative estimate of drug-likeness (QED) is 0.515. The number of rotatable bonds is 4. The number of halogens is 3. The van der Waals surface area contributed by atoms with Crippen LogP contribution in [0.3, 0.4) is 0 Å². The van der Waals surface area contributed by atoms with Crippen molar-refractivity contribution >= 4 is 28.6 Å². The van der Waals surface area contributed by atoms with Gasteiger partial charge in [0.1, 0.15) is 0 Å². The highest BCUT2D eigenvalue weighted by molar-refractivity contribution is 14.1. The van der Waals surface area contributed by atoms with Gasteiger partial charge in [0, 0.05) is 24.8 Å². The minimum Gasteiger partial charge on any atom is -0.461 e. The van der Waals surface area contributed by atoms with E-state index < -0.39 is 17.3 Å². The molecule has 23 heavy (non-hydrogen) atoms. The molecule has 0 radical (unpaired) electrons. The molecule has 1 aliphatic carbocycles. The summed E-state index contributed by atoms with van der Waals surface area (Å²) in [7, 11) is 0. The first kappa shape index (κ1) is 18.6. The van der Waals surface area contributed by atoms with Gasteiger partial charge in [-0.3, -0.25) is 4.68 Å². The van der Waals surface area contributed by atoms with E-state index >= 15 is 0 Å². The van der Waals surface area contributed by atoms with Gasteiger partial charge in [0.2, 0.25) is 5.92 Å². The Morgan fingerprint density at radius 1 is 1.39 bits per heavy atom. The van der Waals surface area contributed by atoms with Crippen molar-refractivity contribution in [3.8, 4) is 0 Å². The lowest BCUT2D eigenvalue weighted by molar-refractivity contribution is -0.160. The van der Waals surface area contributed by atoms with Crippen molar-refractivity contribution in [1.29, 1.82) is 0 Å². The molecule has 0 spiro atoms. The number of aromatic nitrogens is 2. The van der Waals surface area contributed by atoms with Gasteiger partial charge in [-0.15, -0.1) is 0 Å². The number of ether oxygens (including phenoxy) is 1. The van der Waals surface area contributed by atoms with Crippen LogP contribution in [0.5, 0.6) is 0 Å². The fourth-order valence-corrected chi connectivity index (χ4v) is 4.51. The summed E-state index contributed by atoms with van der Waals surface area (Å²) in [6, 6.07) is 0. The van der Waals surface area contributed by atoms with Gasteiger partial charge >= 0.3 is 5.97 Å². The highest BCUT2D eigenvalue weighted by Crippen LogP contribution is 2.52. The maximum atomic E-state index is 13.3. The molecule has 0 atom stereocenters. The van der Waals surface area contributed by atoms with Gasteiger partial charge in [-0.25, -0.2) is 13.6 Å². The summed E-state index contributed by atoms with van der Waals surface area (Å²) in [4.78, 5) is 12.3. The highest BCUT2D eigenvalue weighted by Gasteiger charge is 2.54. The van der Waals surface area contributed by atoms with E-state index in [1.807, 2.05) is 27.7 Å². The highest BCUT2D eigenvalue weighted by atomic mass is 127. The topological polar surface area (TPSA) is 44.1 Å². The van der Waals surface area contributed by atoms with E-state index in [-0.39, 0.29) is 24.9 Å². The predicted octanol–water partition coefficient (Wildman–Crippen LogP) is 4.40. The van der Waals surface area contributed by atoms with Gasteiger partial charge in [0.05, 0.1) is 15.9 Å². The summed E-state index contributed by atoms with van der Waals surface area (Å²) in [6.07, 6.45) is -0.354. The van der Waals surface area contributed by atoms with E-state index in [2.05, 4.69) is 27.7 Å². The van der Waals surface area contributed by atoms with Gasteiger partial charge in [-0.05, 0) is 34.9 Å². The van der Waals surface area contributed by atoms with Crippen LogP contribution in [0, 0.1) is 8.99 Å². The molecule has 1 fully saturated rings. The summed E-state index contributed by atoms with van der Waals surface area (Å²) in [5.41, 5.74) is 0.368. The number of esters is 1. The molecule has 130 valence electrons. The molecule has 1 saturated carbocycles. The van der Waals surface area contributed by atoms with Crippen LogP contribution in [0.1, 0.15) is 63.6 Å². The monoisotopic (exact) mass is 440 g/mol. The number of hydrogen-bond acceptors (Lipinski definition) is 3. The first-order valence-electron chi connectivity index (χ1n) is 7.70. The first-order chi connectivity index (χ1) is 10.4. The van der Waals surface area contributed by atoms with Crippen molar-refractivity contribution in [2.75, 3.05) is 6.61 Å². The lowest BCUT2D eigenvalue weighted by Crippen LogP contribution is -2.47. The van der Waals surface area contributed by atoms with Gasteiger partial charge in [-0.2, -0.15) is 5.10 Å². The summed E-state index contributed by atoms with van der Waals surface area (Å²) in [6.45, 7) is 10.1. The average Bonchev–Trinajstić information content (AvgIpc) is 2.62. The molecule has 7 heteroatoms. The number of alkyl halides is 2. The second-order valence-corrected chi connectivity index (χ2v) is 8.74. The van der Waals surface area contributed by atoms with Crippen LogP contribution in [0.25, 0.3) is 0 Å². The molecule has 2 rings (SSSR count). The Labute approximate surface area is 149 Å². The Bertz CT molecular complexity index is 612. The van der Waals surface area contributed by atoms with Crippen molar-refractivity contribution in [1.82, 2.24) is 9.78 Å². The third kappa shape index (κ3) is 3.85. The molecule has 0 saturated heterocycles. The fraction of sp³-hybridized carbons (Fsp3) is 0.750. The Balaban J connectivity index is 2.39. The van der Waals surface area contributed by atoms with Crippen LogP contribution in [-0.4, -0.2) is 28.3 Å². The number of hydrogen-bond donors (Lipinski definition) is 0. The first-order valence-corrected chi connectivity index (χ1v) is 8.78. The van der Waals surface area contributed by atoms with E-state index in [9.17, 15) is 13.6 Å². The van der Waals surface area contributed by atoms with Gasteiger partial charge in [0.25, 0.3) is 0 Å². The third-order valence-corrected chi connectivity index (χ3v) is 5.00. The third-order valence-electron chi connectivity index (χ3n) is 3.98. The van der Waals surface area contributed by atoms with Crippen molar-refractivity contribution in [2.24, 2.45) is 5.41 Å². The van der Waals surface area contributed by atoms with Crippen molar-refractivity contribution in [2.45, 2.75) is 65.3 Å². The molecule has 1 heterocycles. The van der Waals surface area contributed by atoms with Crippen LogP contribution in [-0.2, 0) is 16.7 Å². The standard InChI is InChI=1S/C16H23F2IN2O2/c1-6-23-13(22)11-10(19)12(14(2,3)4)20-21(11)9-15(5)7-16(17,18)8-15/h6-9H2,1-5H3. The zero-order valence-corrected chi connectivity index (χ0v) is 16.3. The summed E-state index contributed by atoms with van der Waals surface area (Å²) in [5.74, 6) is -3.05. The van der Waals surface area contributed by atoms with E-state index in [0.29, 0.717) is 12.2 Å². The molecule has 0 bridgehead atoms. The molecule has 1 aromatic rings. The van der Waals surface area contributed by atoms with Crippen molar-refractivity contribution in [3.63, 3.8) is 0 Å². The SMILES string of the molecule is CCOC(=O)c1c(I)c(C(C)(C)C)nn1CC1(C)CC(F)(F)C1. The van der Waals surface area contributed by atoms with Crippen LogP contribution >= 0.6 is 22.6 Å². The Kier molecular flexibility index (Phi) is 4.83. The van der Waals surface area contributed by atoms with Crippen LogP contribution in [0.15, 0.2) is 0 Å². The molecular weight excluding hydrogens is 417 g/mol. The lowest BCUT2D eigenvalue weighted by atomic mass is 9.67. The molecule has 0 amide bonds. The van der Waals surface area contributed by atoms with Crippen LogP contribution < -0.4 is 0 Å².